The van der Waals surface area contributed by atoms with E-state index >= 15 is 0 Å². The predicted molar refractivity (Wildman–Crippen MR) is 54.5 cm³/mol. The number of aromatic nitrogens is 1. The molecule has 74 valence electrons. The van der Waals surface area contributed by atoms with Crippen LogP contribution in [0.1, 0.15) is 39.0 Å². The van der Waals surface area contributed by atoms with Gasteiger partial charge < -0.3 is 9.67 Å². The summed E-state index contributed by atoms with van der Waals surface area (Å²) in [5.74, 6) is 0.712. The fourth-order valence-electron chi connectivity index (χ4n) is 1.41. The molecule has 0 fully saturated rings. The van der Waals surface area contributed by atoms with Crippen LogP contribution in [0.3, 0.4) is 0 Å². The normalized spacial score (nSPS) is 13.6. The van der Waals surface area contributed by atoms with Crippen LogP contribution in [0.2, 0.25) is 0 Å². The summed E-state index contributed by atoms with van der Waals surface area (Å²) in [4.78, 5) is 0. The van der Waals surface area contributed by atoms with Gasteiger partial charge in [-0.15, -0.1) is 0 Å². The number of aliphatic hydroxyl groups is 1. The van der Waals surface area contributed by atoms with Crippen molar-refractivity contribution in [2.24, 2.45) is 5.92 Å². The molecule has 1 rings (SSSR count). The first kappa shape index (κ1) is 10.3. The van der Waals surface area contributed by atoms with E-state index in [-0.39, 0.29) is 6.10 Å². The summed E-state index contributed by atoms with van der Waals surface area (Å²) in [6.45, 7) is 7.24. The zero-order chi connectivity index (χ0) is 9.84. The van der Waals surface area contributed by atoms with E-state index in [1.165, 1.54) is 0 Å². The third-order valence-corrected chi connectivity index (χ3v) is 2.24. The van der Waals surface area contributed by atoms with Crippen molar-refractivity contribution in [3.05, 3.63) is 24.0 Å². The molecule has 0 aromatic carbocycles. The maximum absolute atomic E-state index is 9.44. The first-order valence-electron chi connectivity index (χ1n) is 4.94. The molecule has 0 spiro atoms. The summed E-state index contributed by atoms with van der Waals surface area (Å²) in [6.07, 6.45) is 2.83. The van der Waals surface area contributed by atoms with Crippen molar-refractivity contribution >= 4 is 0 Å². The van der Waals surface area contributed by atoms with Gasteiger partial charge >= 0.3 is 0 Å². The first-order chi connectivity index (χ1) is 6.11. The molecule has 1 heterocycles. The van der Waals surface area contributed by atoms with Crippen LogP contribution in [0.5, 0.6) is 0 Å². The average molecular weight is 181 g/mol. The van der Waals surface area contributed by atoms with E-state index in [2.05, 4.69) is 18.4 Å². The number of hydrogen-bond donors (Lipinski definition) is 1. The molecule has 0 bridgehead atoms. The number of aliphatic hydroxyl groups excluding tert-OH is 1. The summed E-state index contributed by atoms with van der Waals surface area (Å²) in [5, 5.41) is 9.44. The van der Waals surface area contributed by atoms with Crippen LogP contribution >= 0.6 is 0 Å². The van der Waals surface area contributed by atoms with Gasteiger partial charge in [0, 0.05) is 18.4 Å². The van der Waals surface area contributed by atoms with Crippen LogP contribution < -0.4 is 0 Å². The van der Waals surface area contributed by atoms with Crippen molar-refractivity contribution in [2.75, 3.05) is 0 Å². The summed E-state index contributed by atoms with van der Waals surface area (Å²) >= 11 is 0. The minimum atomic E-state index is -0.359. The lowest BCUT2D eigenvalue weighted by atomic mass is 10.1. The predicted octanol–water partition coefficient (Wildman–Crippen LogP) is 2.59. The molecule has 1 aromatic heterocycles. The largest absolute Gasteiger partial charge is 0.387 e. The highest BCUT2D eigenvalue weighted by Crippen LogP contribution is 2.14. The molecule has 13 heavy (non-hydrogen) atoms. The second-order valence-corrected chi connectivity index (χ2v) is 3.98. The molecule has 2 nitrogen and oxygen atoms in total. The Balaban J connectivity index is 2.60. The van der Waals surface area contributed by atoms with Gasteiger partial charge in [-0.2, -0.15) is 0 Å². The van der Waals surface area contributed by atoms with Crippen molar-refractivity contribution in [2.45, 2.75) is 39.8 Å². The van der Waals surface area contributed by atoms with E-state index in [1.807, 2.05) is 18.3 Å². The average Bonchev–Trinajstić information content (AvgIpc) is 2.47. The Morgan fingerprint density at radius 1 is 1.38 bits per heavy atom. The van der Waals surface area contributed by atoms with E-state index in [0.717, 1.165) is 18.7 Å². The lowest BCUT2D eigenvalue weighted by Gasteiger charge is -2.12. The van der Waals surface area contributed by atoms with E-state index in [9.17, 15) is 5.11 Å². The van der Waals surface area contributed by atoms with Gasteiger partial charge in [0.1, 0.15) is 0 Å². The van der Waals surface area contributed by atoms with Gasteiger partial charge in [0.2, 0.25) is 0 Å². The van der Waals surface area contributed by atoms with Crippen molar-refractivity contribution in [3.8, 4) is 0 Å². The van der Waals surface area contributed by atoms with Crippen LogP contribution in [-0.4, -0.2) is 9.67 Å². The highest BCUT2D eigenvalue weighted by molar-refractivity contribution is 5.09. The molecule has 1 unspecified atom stereocenters. The zero-order valence-corrected chi connectivity index (χ0v) is 8.70. The summed E-state index contributed by atoms with van der Waals surface area (Å²) in [7, 11) is 0. The van der Waals surface area contributed by atoms with Gasteiger partial charge in [-0.25, -0.2) is 0 Å². The van der Waals surface area contributed by atoms with Gasteiger partial charge in [-0.3, -0.25) is 0 Å². The molecule has 0 saturated heterocycles. The first-order valence-corrected chi connectivity index (χ1v) is 4.94. The van der Waals surface area contributed by atoms with Gasteiger partial charge in [0.15, 0.2) is 0 Å². The van der Waals surface area contributed by atoms with Crippen molar-refractivity contribution < 1.29 is 5.11 Å². The molecule has 1 atom stereocenters. The van der Waals surface area contributed by atoms with Crippen molar-refractivity contribution in [1.82, 2.24) is 4.57 Å². The number of rotatable bonds is 4. The molecule has 0 amide bonds. The smallest absolute Gasteiger partial charge is 0.0911 e. The summed E-state index contributed by atoms with van der Waals surface area (Å²) in [6, 6.07) is 3.97. The topological polar surface area (TPSA) is 25.2 Å². The number of nitrogens with zero attached hydrogens (tertiary/aromatic N) is 1. The van der Waals surface area contributed by atoms with Crippen molar-refractivity contribution in [3.63, 3.8) is 0 Å². The lowest BCUT2D eigenvalue weighted by Crippen LogP contribution is -2.06. The van der Waals surface area contributed by atoms with Gasteiger partial charge in [-0.05, 0) is 31.4 Å². The number of hydrogen-bond acceptors (Lipinski definition) is 1. The Morgan fingerprint density at radius 3 is 2.62 bits per heavy atom. The second-order valence-electron chi connectivity index (χ2n) is 3.98. The minimum absolute atomic E-state index is 0.359. The van der Waals surface area contributed by atoms with Crippen LogP contribution in [0.4, 0.5) is 0 Å². The molecule has 1 N–H and O–H groups in total. The molecular weight excluding hydrogens is 162 g/mol. The molecule has 1 aromatic rings. The maximum Gasteiger partial charge on any atom is 0.0911 e. The van der Waals surface area contributed by atoms with Crippen LogP contribution in [-0.2, 0) is 6.54 Å². The Bertz CT molecular complexity index is 250. The third-order valence-electron chi connectivity index (χ3n) is 2.24. The van der Waals surface area contributed by atoms with E-state index in [1.54, 1.807) is 6.92 Å². The quantitative estimate of drug-likeness (QED) is 0.758. The van der Waals surface area contributed by atoms with Gasteiger partial charge in [-0.1, -0.05) is 13.8 Å². The van der Waals surface area contributed by atoms with Gasteiger partial charge in [0.05, 0.1) is 6.10 Å². The fraction of sp³-hybridized carbons (Fsp3) is 0.636. The molecule has 2 heteroatoms. The lowest BCUT2D eigenvalue weighted by molar-refractivity contribution is 0.188. The Hall–Kier alpha value is -0.760. The van der Waals surface area contributed by atoms with E-state index in [4.69, 9.17) is 0 Å². The zero-order valence-electron chi connectivity index (χ0n) is 8.70. The maximum atomic E-state index is 9.44. The Morgan fingerprint density at radius 2 is 2.08 bits per heavy atom. The molecular formula is C11H19NO. The fourth-order valence-corrected chi connectivity index (χ4v) is 1.41. The highest BCUT2D eigenvalue weighted by Gasteiger charge is 2.06. The molecule has 0 radical (unpaired) electrons. The monoisotopic (exact) mass is 181 g/mol. The molecule has 0 aliphatic heterocycles. The van der Waals surface area contributed by atoms with E-state index in [0.29, 0.717) is 5.92 Å². The SMILES string of the molecule is CC(C)CCn1cccc1C(C)O. The summed E-state index contributed by atoms with van der Waals surface area (Å²) < 4.78 is 2.13. The number of aryl methyl sites for hydroxylation is 1. The standard InChI is InChI=1S/C11H19NO/c1-9(2)6-8-12-7-4-5-11(12)10(3)13/h4-5,7,9-10,13H,6,8H2,1-3H3. The second kappa shape index (κ2) is 4.47. The van der Waals surface area contributed by atoms with Gasteiger partial charge in [0.25, 0.3) is 0 Å². The van der Waals surface area contributed by atoms with Crippen LogP contribution in [0.25, 0.3) is 0 Å². The Labute approximate surface area is 80.2 Å². The minimum Gasteiger partial charge on any atom is -0.387 e. The van der Waals surface area contributed by atoms with E-state index < -0.39 is 0 Å². The van der Waals surface area contributed by atoms with Crippen LogP contribution in [0, 0.1) is 5.92 Å². The Kier molecular flexibility index (Phi) is 3.55. The summed E-state index contributed by atoms with van der Waals surface area (Å²) in [5.41, 5.74) is 1.01. The highest BCUT2D eigenvalue weighted by atomic mass is 16.3. The third kappa shape index (κ3) is 2.88. The van der Waals surface area contributed by atoms with Crippen LogP contribution in [0.15, 0.2) is 18.3 Å². The van der Waals surface area contributed by atoms with Crippen molar-refractivity contribution in [1.29, 1.82) is 0 Å². The molecule has 0 aliphatic rings. The molecule has 0 aliphatic carbocycles. The molecule has 0 saturated carbocycles.